The first-order chi connectivity index (χ1) is 25.7. The van der Waals surface area contributed by atoms with Gasteiger partial charge < -0.3 is 4.90 Å². The summed E-state index contributed by atoms with van der Waals surface area (Å²) in [6.07, 6.45) is 8.21. The Bertz CT molecular complexity index is 2510. The lowest BCUT2D eigenvalue weighted by atomic mass is 9.26. The summed E-state index contributed by atoms with van der Waals surface area (Å²) in [7, 11) is 0. The molecule has 6 aromatic carbocycles. The van der Waals surface area contributed by atoms with Gasteiger partial charge in [0.1, 0.15) is 0 Å². The zero-order valence-electron chi connectivity index (χ0n) is 31.6. The molecule has 6 aliphatic carbocycles. The standard InChI is InChI=1S/C52H49N/c1-49(2)26-27-50(3,4)48-42(49)19-11-21-44(48)53(36-24-22-34(23-25-36)38-16-9-13-33-12-5-6-14-37(33)38)43-20-10-17-40-39-15-7-8-18-41(39)52(47(40)43)45-29-32-28-35-30-46(52)51(35,45)31-32/h5-25,32,35,45-46H,26-31H2,1-4H3. The molecule has 6 aliphatic rings. The molecule has 53 heavy (non-hydrogen) atoms. The maximum absolute atomic E-state index is 2.73. The van der Waals surface area contributed by atoms with Crippen LogP contribution in [-0.2, 0) is 16.2 Å². The molecule has 4 fully saturated rings. The van der Waals surface area contributed by atoms with Crippen molar-refractivity contribution in [3.8, 4) is 22.3 Å². The summed E-state index contributed by atoms with van der Waals surface area (Å²) in [5.74, 6) is 3.42. The molecule has 0 heterocycles. The second-order valence-electron chi connectivity index (χ2n) is 19.2. The second-order valence-corrected chi connectivity index (χ2v) is 19.2. The van der Waals surface area contributed by atoms with Crippen molar-refractivity contribution in [1.82, 2.24) is 0 Å². The predicted molar refractivity (Wildman–Crippen MR) is 220 cm³/mol. The first-order valence-electron chi connectivity index (χ1n) is 20.5. The molecule has 0 aliphatic heterocycles. The van der Waals surface area contributed by atoms with Gasteiger partial charge in [-0.2, -0.15) is 0 Å². The quantitative estimate of drug-likeness (QED) is 0.178. The van der Waals surface area contributed by atoms with E-state index in [1.807, 2.05) is 0 Å². The van der Waals surface area contributed by atoms with Gasteiger partial charge in [-0.3, -0.25) is 0 Å². The normalized spacial score (nSPS) is 29.9. The fourth-order valence-corrected chi connectivity index (χ4v) is 14.1. The molecule has 6 aromatic rings. The second kappa shape index (κ2) is 10.1. The highest BCUT2D eigenvalue weighted by atomic mass is 15.2. The molecule has 2 bridgehead atoms. The topological polar surface area (TPSA) is 3.24 Å². The Labute approximate surface area is 315 Å². The van der Waals surface area contributed by atoms with Gasteiger partial charge in [0.2, 0.25) is 0 Å². The van der Waals surface area contributed by atoms with Gasteiger partial charge in [0, 0.05) is 11.1 Å². The van der Waals surface area contributed by atoms with E-state index in [0.717, 1.165) is 23.7 Å². The van der Waals surface area contributed by atoms with Crippen molar-refractivity contribution in [3.63, 3.8) is 0 Å². The summed E-state index contributed by atoms with van der Waals surface area (Å²) >= 11 is 0. The van der Waals surface area contributed by atoms with Crippen LogP contribution in [-0.4, -0.2) is 0 Å². The number of nitrogens with zero attached hydrogens (tertiary/aromatic N) is 1. The highest BCUT2D eigenvalue weighted by molar-refractivity contribution is 5.98. The molecule has 2 spiro atoms. The van der Waals surface area contributed by atoms with Gasteiger partial charge in [-0.05, 0) is 158 Å². The zero-order chi connectivity index (χ0) is 35.5. The molecule has 6 unspecified atom stereocenters. The van der Waals surface area contributed by atoms with E-state index in [1.54, 1.807) is 11.1 Å². The first kappa shape index (κ1) is 30.8. The minimum atomic E-state index is 0.0630. The van der Waals surface area contributed by atoms with Crippen LogP contribution in [0.4, 0.5) is 17.1 Å². The van der Waals surface area contributed by atoms with E-state index >= 15 is 0 Å². The average molecular weight is 688 g/mol. The summed E-state index contributed by atoms with van der Waals surface area (Å²) in [6, 6.07) is 49.3. The van der Waals surface area contributed by atoms with Gasteiger partial charge in [0.15, 0.2) is 0 Å². The Balaban J connectivity index is 1.11. The van der Waals surface area contributed by atoms with E-state index in [0.29, 0.717) is 5.41 Å². The van der Waals surface area contributed by atoms with Crippen LogP contribution in [0.1, 0.15) is 88.5 Å². The minimum absolute atomic E-state index is 0.0630. The number of hydrogen-bond donors (Lipinski definition) is 0. The number of fused-ring (bicyclic) bond motifs is 10. The molecule has 0 amide bonds. The lowest BCUT2D eigenvalue weighted by molar-refractivity contribution is -0.231. The fourth-order valence-electron chi connectivity index (χ4n) is 14.1. The van der Waals surface area contributed by atoms with Gasteiger partial charge in [-0.15, -0.1) is 0 Å². The summed E-state index contributed by atoms with van der Waals surface area (Å²) in [5, 5.41) is 2.60. The zero-order valence-corrected chi connectivity index (χ0v) is 31.6. The van der Waals surface area contributed by atoms with Crippen LogP contribution in [0, 0.1) is 29.1 Å². The van der Waals surface area contributed by atoms with Crippen LogP contribution in [0.15, 0.2) is 127 Å². The van der Waals surface area contributed by atoms with E-state index in [9.17, 15) is 0 Å². The largest absolute Gasteiger partial charge is 0.310 e. The molecule has 4 saturated carbocycles. The monoisotopic (exact) mass is 687 g/mol. The van der Waals surface area contributed by atoms with Crippen molar-refractivity contribution in [2.45, 2.75) is 82.5 Å². The van der Waals surface area contributed by atoms with Crippen molar-refractivity contribution in [1.29, 1.82) is 0 Å². The van der Waals surface area contributed by atoms with E-state index in [1.165, 1.54) is 99.7 Å². The van der Waals surface area contributed by atoms with Crippen molar-refractivity contribution in [2.75, 3.05) is 4.90 Å². The molecule has 6 atom stereocenters. The maximum Gasteiger partial charge on any atom is 0.0509 e. The molecular weight excluding hydrogens is 639 g/mol. The number of benzene rings is 6. The molecule has 12 rings (SSSR count). The summed E-state index contributed by atoms with van der Waals surface area (Å²) in [6.45, 7) is 9.93. The highest BCUT2D eigenvalue weighted by Crippen LogP contribution is 2.90. The van der Waals surface area contributed by atoms with Crippen molar-refractivity contribution < 1.29 is 0 Å². The van der Waals surface area contributed by atoms with Crippen molar-refractivity contribution in [2.24, 2.45) is 29.1 Å². The maximum atomic E-state index is 2.73. The Hall–Kier alpha value is -4.62. The predicted octanol–water partition coefficient (Wildman–Crippen LogP) is 13.7. The lowest BCUT2D eigenvalue weighted by Gasteiger charge is -2.76. The van der Waals surface area contributed by atoms with Gasteiger partial charge in [-0.1, -0.05) is 131 Å². The average Bonchev–Trinajstić information content (AvgIpc) is 3.81. The van der Waals surface area contributed by atoms with E-state index in [-0.39, 0.29) is 16.2 Å². The van der Waals surface area contributed by atoms with Gasteiger partial charge in [-0.25, -0.2) is 0 Å². The van der Waals surface area contributed by atoms with Crippen LogP contribution >= 0.6 is 0 Å². The smallest absolute Gasteiger partial charge is 0.0509 e. The van der Waals surface area contributed by atoms with E-state index in [2.05, 4.69) is 160 Å². The SMILES string of the molecule is CC1(C)CCC(C)(C)c2c(N(c3ccc(-c4cccc5ccccc45)cc3)c3cccc4c3C3(c5ccccc5-4)C4CC5CC6CC3C64C5)cccc21. The third-order valence-corrected chi connectivity index (χ3v) is 16.2. The number of rotatable bonds is 4. The van der Waals surface area contributed by atoms with Gasteiger partial charge in [0.05, 0.1) is 11.4 Å². The Morgan fingerprint density at radius 3 is 2.02 bits per heavy atom. The van der Waals surface area contributed by atoms with E-state index in [4.69, 9.17) is 0 Å². The minimum Gasteiger partial charge on any atom is -0.310 e. The molecule has 0 radical (unpaired) electrons. The summed E-state index contributed by atoms with van der Waals surface area (Å²) < 4.78 is 0. The molecule has 0 N–H and O–H groups in total. The first-order valence-corrected chi connectivity index (χ1v) is 20.5. The van der Waals surface area contributed by atoms with Gasteiger partial charge in [0.25, 0.3) is 0 Å². The number of hydrogen-bond acceptors (Lipinski definition) is 1. The van der Waals surface area contributed by atoms with Crippen LogP contribution < -0.4 is 4.90 Å². The van der Waals surface area contributed by atoms with Crippen molar-refractivity contribution >= 4 is 27.8 Å². The van der Waals surface area contributed by atoms with Crippen molar-refractivity contribution in [3.05, 3.63) is 150 Å². The fraction of sp³-hybridized carbons (Fsp3) is 0.346. The molecule has 1 heteroatoms. The molecule has 0 aromatic heterocycles. The molecule has 1 nitrogen and oxygen atoms in total. The summed E-state index contributed by atoms with van der Waals surface area (Å²) in [5.41, 5.74) is 16.8. The number of anilines is 3. The molecule has 262 valence electrons. The Kier molecular flexibility index (Phi) is 5.88. The summed E-state index contributed by atoms with van der Waals surface area (Å²) in [4.78, 5) is 2.73. The lowest BCUT2D eigenvalue weighted by Crippen LogP contribution is -2.73. The molecule has 0 saturated heterocycles. The van der Waals surface area contributed by atoms with Crippen LogP contribution in [0.3, 0.4) is 0 Å². The third kappa shape index (κ3) is 3.66. The van der Waals surface area contributed by atoms with Crippen LogP contribution in [0.2, 0.25) is 0 Å². The Morgan fingerprint density at radius 1 is 0.528 bits per heavy atom. The van der Waals surface area contributed by atoms with E-state index < -0.39 is 0 Å². The highest BCUT2D eigenvalue weighted by Gasteiger charge is 2.85. The molecular formula is C52H49N. The third-order valence-electron chi connectivity index (χ3n) is 16.2. The van der Waals surface area contributed by atoms with Crippen LogP contribution in [0.5, 0.6) is 0 Å². The van der Waals surface area contributed by atoms with Gasteiger partial charge >= 0.3 is 0 Å². The van der Waals surface area contributed by atoms with Crippen LogP contribution in [0.25, 0.3) is 33.0 Å². The Morgan fingerprint density at radius 2 is 1.17 bits per heavy atom.